The molecule has 1 fully saturated rings. The summed E-state index contributed by atoms with van der Waals surface area (Å²) < 4.78 is 14.1. The highest BCUT2D eigenvalue weighted by molar-refractivity contribution is 5.78. The molecule has 0 radical (unpaired) electrons. The molecule has 0 bridgehead atoms. The summed E-state index contributed by atoms with van der Waals surface area (Å²) in [7, 11) is 0. The average molecular weight is 314 g/mol. The summed E-state index contributed by atoms with van der Waals surface area (Å²) in [6.07, 6.45) is 3.46. The van der Waals surface area contributed by atoms with Crippen molar-refractivity contribution in [3.8, 4) is 0 Å². The maximum Gasteiger partial charge on any atom is 0.222 e. The molecule has 1 aromatic heterocycles. The summed E-state index contributed by atoms with van der Waals surface area (Å²) in [5.41, 5.74) is 2.20. The lowest BCUT2D eigenvalue weighted by molar-refractivity contribution is -0.128. The monoisotopic (exact) mass is 314 g/mol. The minimum atomic E-state index is -0.415. The number of likely N-dealkylation sites (tertiary alicyclic amines) is 1. The molecule has 0 saturated carbocycles. The normalized spacial score (nSPS) is 14.3. The predicted octanol–water partition coefficient (Wildman–Crippen LogP) is 3.04. The number of anilines is 2. The van der Waals surface area contributed by atoms with Gasteiger partial charge in [-0.15, -0.1) is 0 Å². The van der Waals surface area contributed by atoms with E-state index in [2.05, 4.69) is 15.3 Å². The Balaban J connectivity index is 1.69. The van der Waals surface area contributed by atoms with Crippen LogP contribution in [0.25, 0.3) is 0 Å². The van der Waals surface area contributed by atoms with E-state index in [1.807, 2.05) is 36.1 Å². The van der Waals surface area contributed by atoms with Gasteiger partial charge in [-0.05, 0) is 30.5 Å². The number of benzene rings is 1. The number of hydrogen-bond donors (Lipinski definition) is 1. The first-order chi connectivity index (χ1) is 11.2. The molecule has 1 N–H and O–H groups in total. The SMILES string of the molecule is CCc1ncnc(Nc2ccc(CN3CCCC3=O)cc2)c1F. The molecule has 1 aliphatic rings. The van der Waals surface area contributed by atoms with Gasteiger partial charge in [-0.25, -0.2) is 14.4 Å². The molecular formula is C17H19FN4O. The van der Waals surface area contributed by atoms with Crippen molar-refractivity contribution in [2.45, 2.75) is 32.7 Å². The summed E-state index contributed by atoms with van der Waals surface area (Å²) >= 11 is 0. The molecule has 1 aliphatic heterocycles. The third kappa shape index (κ3) is 3.47. The molecule has 2 heterocycles. The summed E-state index contributed by atoms with van der Waals surface area (Å²) in [6.45, 7) is 3.30. The highest BCUT2D eigenvalue weighted by Gasteiger charge is 2.19. The fourth-order valence-corrected chi connectivity index (χ4v) is 2.66. The van der Waals surface area contributed by atoms with Crippen LogP contribution >= 0.6 is 0 Å². The molecule has 0 spiro atoms. The van der Waals surface area contributed by atoms with E-state index in [0.29, 0.717) is 25.1 Å². The van der Waals surface area contributed by atoms with E-state index in [-0.39, 0.29) is 11.7 Å². The van der Waals surface area contributed by atoms with Crippen molar-refractivity contribution in [2.75, 3.05) is 11.9 Å². The van der Waals surface area contributed by atoms with E-state index < -0.39 is 5.82 Å². The summed E-state index contributed by atoms with van der Waals surface area (Å²) in [5, 5.41) is 2.97. The highest BCUT2D eigenvalue weighted by Crippen LogP contribution is 2.21. The molecule has 0 aliphatic carbocycles. The number of nitrogens with one attached hydrogen (secondary N) is 1. The molecule has 2 aromatic rings. The van der Waals surface area contributed by atoms with Crippen LogP contribution in [0.1, 0.15) is 31.0 Å². The van der Waals surface area contributed by atoms with E-state index in [0.717, 1.165) is 24.2 Å². The molecule has 1 amide bonds. The Labute approximate surface area is 134 Å². The molecule has 3 rings (SSSR count). The smallest absolute Gasteiger partial charge is 0.222 e. The van der Waals surface area contributed by atoms with Crippen LogP contribution in [0.15, 0.2) is 30.6 Å². The number of aryl methyl sites for hydroxylation is 1. The van der Waals surface area contributed by atoms with Gasteiger partial charge in [0.2, 0.25) is 5.91 Å². The van der Waals surface area contributed by atoms with Crippen LogP contribution in [0.2, 0.25) is 0 Å². The molecular weight excluding hydrogens is 295 g/mol. The lowest BCUT2D eigenvalue weighted by atomic mass is 10.2. The zero-order valence-electron chi connectivity index (χ0n) is 13.1. The van der Waals surface area contributed by atoms with Crippen molar-refractivity contribution >= 4 is 17.4 Å². The van der Waals surface area contributed by atoms with Crippen molar-refractivity contribution in [2.24, 2.45) is 0 Å². The molecule has 1 aromatic carbocycles. The first kappa shape index (κ1) is 15.4. The van der Waals surface area contributed by atoms with Gasteiger partial charge in [0.15, 0.2) is 11.6 Å². The van der Waals surface area contributed by atoms with Crippen LogP contribution < -0.4 is 5.32 Å². The van der Waals surface area contributed by atoms with E-state index >= 15 is 0 Å². The van der Waals surface area contributed by atoms with E-state index in [4.69, 9.17) is 0 Å². The van der Waals surface area contributed by atoms with Crippen LogP contribution in [0.3, 0.4) is 0 Å². The van der Waals surface area contributed by atoms with Crippen LogP contribution in [0.5, 0.6) is 0 Å². The van der Waals surface area contributed by atoms with E-state index in [1.165, 1.54) is 6.33 Å². The molecule has 6 heteroatoms. The Morgan fingerprint density at radius 1 is 1.26 bits per heavy atom. The third-order valence-corrected chi connectivity index (χ3v) is 3.96. The Morgan fingerprint density at radius 3 is 2.70 bits per heavy atom. The number of halogens is 1. The summed E-state index contributed by atoms with van der Waals surface area (Å²) in [5.74, 6) is -0.0246. The van der Waals surface area contributed by atoms with Gasteiger partial charge in [-0.2, -0.15) is 0 Å². The highest BCUT2D eigenvalue weighted by atomic mass is 19.1. The van der Waals surface area contributed by atoms with Crippen LogP contribution in [0.4, 0.5) is 15.9 Å². The molecule has 0 unspecified atom stereocenters. The maximum atomic E-state index is 14.1. The van der Waals surface area contributed by atoms with Gasteiger partial charge in [0.1, 0.15) is 6.33 Å². The second kappa shape index (κ2) is 6.73. The quantitative estimate of drug-likeness (QED) is 0.921. The Bertz CT molecular complexity index is 702. The van der Waals surface area contributed by atoms with E-state index in [1.54, 1.807) is 0 Å². The lowest BCUT2D eigenvalue weighted by Crippen LogP contribution is -2.23. The lowest BCUT2D eigenvalue weighted by Gasteiger charge is -2.16. The molecule has 120 valence electrons. The fraction of sp³-hybridized carbons (Fsp3) is 0.353. The van der Waals surface area contributed by atoms with Crippen molar-refractivity contribution in [3.05, 3.63) is 47.7 Å². The minimum Gasteiger partial charge on any atom is -0.338 e. The standard InChI is InChI=1S/C17H19FN4O/c1-2-14-16(18)17(20-11-19-14)21-13-7-5-12(6-8-13)10-22-9-3-4-15(22)23/h5-8,11H,2-4,9-10H2,1H3,(H,19,20,21). The number of carbonyl (C=O) groups is 1. The third-order valence-electron chi connectivity index (χ3n) is 3.96. The molecule has 0 atom stereocenters. The van der Waals surface area contributed by atoms with Gasteiger partial charge < -0.3 is 10.2 Å². The number of hydrogen-bond acceptors (Lipinski definition) is 4. The summed E-state index contributed by atoms with van der Waals surface area (Å²) in [4.78, 5) is 21.4. The predicted molar refractivity (Wildman–Crippen MR) is 85.7 cm³/mol. The van der Waals surface area contributed by atoms with E-state index in [9.17, 15) is 9.18 Å². The Kier molecular flexibility index (Phi) is 4.50. The topological polar surface area (TPSA) is 58.1 Å². The van der Waals surface area contributed by atoms with Gasteiger partial charge in [0.25, 0.3) is 0 Å². The Morgan fingerprint density at radius 2 is 2.04 bits per heavy atom. The maximum absolute atomic E-state index is 14.1. The van der Waals surface area contributed by atoms with Crippen molar-refractivity contribution in [1.29, 1.82) is 0 Å². The second-order valence-corrected chi connectivity index (χ2v) is 5.58. The van der Waals surface area contributed by atoms with Gasteiger partial charge in [-0.1, -0.05) is 19.1 Å². The minimum absolute atomic E-state index is 0.180. The van der Waals surface area contributed by atoms with Crippen molar-refractivity contribution < 1.29 is 9.18 Å². The van der Waals surface area contributed by atoms with Gasteiger partial charge in [0.05, 0.1) is 5.69 Å². The van der Waals surface area contributed by atoms with Crippen molar-refractivity contribution in [3.63, 3.8) is 0 Å². The molecule has 23 heavy (non-hydrogen) atoms. The zero-order valence-corrected chi connectivity index (χ0v) is 13.1. The number of amides is 1. The van der Waals surface area contributed by atoms with Gasteiger partial charge in [-0.3, -0.25) is 4.79 Å². The van der Waals surface area contributed by atoms with Crippen LogP contribution in [0, 0.1) is 5.82 Å². The van der Waals surface area contributed by atoms with Crippen molar-refractivity contribution in [1.82, 2.24) is 14.9 Å². The second-order valence-electron chi connectivity index (χ2n) is 5.58. The van der Waals surface area contributed by atoms with Gasteiger partial charge >= 0.3 is 0 Å². The van der Waals surface area contributed by atoms with Crippen LogP contribution in [-0.4, -0.2) is 27.3 Å². The number of rotatable bonds is 5. The van der Waals surface area contributed by atoms with Crippen LogP contribution in [-0.2, 0) is 17.8 Å². The fourth-order valence-electron chi connectivity index (χ4n) is 2.66. The summed E-state index contributed by atoms with van der Waals surface area (Å²) in [6, 6.07) is 7.60. The number of nitrogens with zero attached hydrogens (tertiary/aromatic N) is 3. The molecule has 5 nitrogen and oxygen atoms in total. The first-order valence-corrected chi connectivity index (χ1v) is 7.80. The zero-order chi connectivity index (χ0) is 16.2. The Hall–Kier alpha value is -2.50. The number of carbonyl (C=O) groups excluding carboxylic acids is 1. The number of aromatic nitrogens is 2. The average Bonchev–Trinajstić information content (AvgIpc) is 2.96. The first-order valence-electron chi connectivity index (χ1n) is 7.80. The molecule has 1 saturated heterocycles. The van der Waals surface area contributed by atoms with Gasteiger partial charge in [0, 0.05) is 25.2 Å². The largest absolute Gasteiger partial charge is 0.338 e.